The molecule has 1 aromatic rings. The summed E-state index contributed by atoms with van der Waals surface area (Å²) in [6.45, 7) is 5.19. The lowest BCUT2D eigenvalue weighted by Gasteiger charge is -2.49. The standard InChI is InChI=1S/C23H34N2O2/c26-21-10-8-20(9-11-21)22(27)25-15-5-13-23(18-25)12-4-14-24(17-23)16-19-6-2-1-3-7-19/h1-3,6-7,20-21,26H,4-5,8-18H2/t20?,21?,23-/m0/s1. The lowest BCUT2D eigenvalue weighted by atomic mass is 9.73. The van der Waals surface area contributed by atoms with Crippen LogP contribution in [0, 0.1) is 11.3 Å². The van der Waals surface area contributed by atoms with Gasteiger partial charge in [-0.25, -0.2) is 0 Å². The van der Waals surface area contributed by atoms with Crippen LogP contribution in [0.2, 0.25) is 0 Å². The van der Waals surface area contributed by atoms with E-state index in [9.17, 15) is 9.90 Å². The highest BCUT2D eigenvalue weighted by Crippen LogP contribution is 2.40. The predicted molar refractivity (Wildman–Crippen MR) is 107 cm³/mol. The smallest absolute Gasteiger partial charge is 0.225 e. The molecule has 3 fully saturated rings. The van der Waals surface area contributed by atoms with E-state index < -0.39 is 0 Å². The summed E-state index contributed by atoms with van der Waals surface area (Å²) in [7, 11) is 0. The molecule has 1 saturated carbocycles. The molecule has 1 aliphatic carbocycles. The van der Waals surface area contributed by atoms with Gasteiger partial charge in [0.15, 0.2) is 0 Å². The van der Waals surface area contributed by atoms with Gasteiger partial charge in [-0.3, -0.25) is 9.69 Å². The van der Waals surface area contributed by atoms with E-state index >= 15 is 0 Å². The minimum Gasteiger partial charge on any atom is -0.393 e. The Labute approximate surface area is 163 Å². The Hall–Kier alpha value is -1.39. The molecule has 148 valence electrons. The summed E-state index contributed by atoms with van der Waals surface area (Å²) >= 11 is 0. The van der Waals surface area contributed by atoms with Crippen molar-refractivity contribution in [1.82, 2.24) is 9.80 Å². The van der Waals surface area contributed by atoms with Gasteiger partial charge in [0.1, 0.15) is 0 Å². The highest BCUT2D eigenvalue weighted by Gasteiger charge is 2.41. The van der Waals surface area contributed by atoms with Gasteiger partial charge in [0, 0.05) is 37.5 Å². The van der Waals surface area contributed by atoms with Crippen LogP contribution in [0.5, 0.6) is 0 Å². The first kappa shape index (κ1) is 18.9. The van der Waals surface area contributed by atoms with E-state index in [1.54, 1.807) is 0 Å². The average molecular weight is 371 g/mol. The fourth-order valence-electron chi connectivity index (χ4n) is 5.60. The molecule has 2 heterocycles. The van der Waals surface area contributed by atoms with Gasteiger partial charge < -0.3 is 10.0 Å². The summed E-state index contributed by atoms with van der Waals surface area (Å²) in [6, 6.07) is 10.8. The van der Waals surface area contributed by atoms with Crippen molar-refractivity contribution in [3.8, 4) is 0 Å². The molecule has 4 heteroatoms. The minimum atomic E-state index is -0.188. The number of hydrogen-bond acceptors (Lipinski definition) is 3. The first-order chi connectivity index (χ1) is 13.1. The molecule has 0 radical (unpaired) electrons. The first-order valence-electron chi connectivity index (χ1n) is 10.9. The molecule has 0 unspecified atom stereocenters. The van der Waals surface area contributed by atoms with Crippen LogP contribution in [0.25, 0.3) is 0 Å². The molecule has 0 bridgehead atoms. The maximum Gasteiger partial charge on any atom is 0.225 e. The van der Waals surface area contributed by atoms with E-state index in [-0.39, 0.29) is 17.4 Å². The van der Waals surface area contributed by atoms with E-state index in [0.29, 0.717) is 5.91 Å². The number of rotatable bonds is 3. The Bertz CT molecular complexity index is 623. The Balaban J connectivity index is 1.38. The predicted octanol–water partition coefficient (Wildman–Crippen LogP) is 3.44. The Morgan fingerprint density at radius 2 is 1.70 bits per heavy atom. The molecule has 4 rings (SSSR count). The van der Waals surface area contributed by atoms with Crippen molar-refractivity contribution < 1.29 is 9.90 Å². The first-order valence-corrected chi connectivity index (χ1v) is 10.9. The summed E-state index contributed by atoms with van der Waals surface area (Å²) < 4.78 is 0. The van der Waals surface area contributed by atoms with Crippen LogP contribution >= 0.6 is 0 Å². The lowest BCUT2D eigenvalue weighted by Crippen LogP contribution is -2.54. The number of nitrogens with zero attached hydrogens (tertiary/aromatic N) is 2. The van der Waals surface area contributed by atoms with Crippen molar-refractivity contribution in [2.45, 2.75) is 64.0 Å². The van der Waals surface area contributed by atoms with Crippen molar-refractivity contribution in [1.29, 1.82) is 0 Å². The Morgan fingerprint density at radius 1 is 1.00 bits per heavy atom. The van der Waals surface area contributed by atoms with E-state index in [2.05, 4.69) is 40.1 Å². The summed E-state index contributed by atoms with van der Waals surface area (Å²) in [4.78, 5) is 17.9. The quantitative estimate of drug-likeness (QED) is 0.886. The van der Waals surface area contributed by atoms with Gasteiger partial charge in [-0.1, -0.05) is 30.3 Å². The summed E-state index contributed by atoms with van der Waals surface area (Å²) in [5.41, 5.74) is 1.67. The molecule has 1 amide bonds. The molecular weight excluding hydrogens is 336 g/mol. The zero-order chi connectivity index (χ0) is 18.7. The summed E-state index contributed by atoms with van der Waals surface area (Å²) in [6.07, 6.45) is 8.02. The van der Waals surface area contributed by atoms with E-state index in [1.807, 2.05) is 0 Å². The van der Waals surface area contributed by atoms with Crippen LogP contribution in [0.15, 0.2) is 30.3 Å². The maximum atomic E-state index is 13.1. The maximum absolute atomic E-state index is 13.1. The number of piperidine rings is 2. The fourth-order valence-corrected chi connectivity index (χ4v) is 5.60. The fraction of sp³-hybridized carbons (Fsp3) is 0.696. The number of likely N-dealkylation sites (tertiary alicyclic amines) is 2. The second kappa shape index (κ2) is 8.32. The molecule has 1 atom stereocenters. The topological polar surface area (TPSA) is 43.8 Å². The summed E-state index contributed by atoms with van der Waals surface area (Å²) in [5, 5.41) is 9.74. The molecule has 3 aliphatic rings. The van der Waals surface area contributed by atoms with E-state index in [0.717, 1.165) is 58.3 Å². The van der Waals surface area contributed by atoms with Crippen LogP contribution in [0.1, 0.15) is 56.9 Å². The Kier molecular flexibility index (Phi) is 5.84. The number of benzene rings is 1. The van der Waals surface area contributed by atoms with Crippen molar-refractivity contribution in [2.75, 3.05) is 26.2 Å². The lowest BCUT2D eigenvalue weighted by molar-refractivity contribution is -0.142. The highest BCUT2D eigenvalue weighted by atomic mass is 16.3. The van der Waals surface area contributed by atoms with Crippen molar-refractivity contribution in [3.05, 3.63) is 35.9 Å². The van der Waals surface area contributed by atoms with Crippen LogP contribution in [0.4, 0.5) is 0 Å². The minimum absolute atomic E-state index is 0.146. The molecule has 27 heavy (non-hydrogen) atoms. The molecule has 4 nitrogen and oxygen atoms in total. The summed E-state index contributed by atoms with van der Waals surface area (Å²) in [5.74, 6) is 0.508. The van der Waals surface area contributed by atoms with Gasteiger partial charge in [0.05, 0.1) is 6.10 Å². The molecule has 2 saturated heterocycles. The van der Waals surface area contributed by atoms with Gasteiger partial charge in [0.2, 0.25) is 5.91 Å². The normalized spacial score (nSPS) is 32.6. The van der Waals surface area contributed by atoms with Gasteiger partial charge >= 0.3 is 0 Å². The third-order valence-corrected chi connectivity index (χ3v) is 7.01. The SMILES string of the molecule is O=C(C1CCC(O)CC1)N1CCC[C@]2(CCCN(Cc3ccccc3)C2)C1. The van der Waals surface area contributed by atoms with Crippen molar-refractivity contribution in [2.24, 2.45) is 11.3 Å². The third-order valence-electron chi connectivity index (χ3n) is 7.01. The molecule has 1 aromatic carbocycles. The number of carbonyl (C=O) groups is 1. The van der Waals surface area contributed by atoms with Gasteiger partial charge in [-0.2, -0.15) is 0 Å². The number of hydrogen-bond donors (Lipinski definition) is 1. The zero-order valence-corrected chi connectivity index (χ0v) is 16.5. The van der Waals surface area contributed by atoms with Crippen molar-refractivity contribution in [3.63, 3.8) is 0 Å². The number of amides is 1. The van der Waals surface area contributed by atoms with Crippen LogP contribution < -0.4 is 0 Å². The Morgan fingerprint density at radius 3 is 2.44 bits per heavy atom. The molecular formula is C23H34N2O2. The van der Waals surface area contributed by atoms with E-state index in [1.165, 1.54) is 31.4 Å². The number of carbonyl (C=O) groups excluding carboxylic acids is 1. The monoisotopic (exact) mass is 370 g/mol. The number of aliphatic hydroxyl groups excluding tert-OH is 1. The molecule has 1 N–H and O–H groups in total. The molecule has 2 aliphatic heterocycles. The highest BCUT2D eigenvalue weighted by molar-refractivity contribution is 5.79. The van der Waals surface area contributed by atoms with Crippen LogP contribution in [-0.4, -0.2) is 53.1 Å². The molecule has 0 aromatic heterocycles. The third kappa shape index (κ3) is 4.55. The van der Waals surface area contributed by atoms with E-state index in [4.69, 9.17) is 0 Å². The van der Waals surface area contributed by atoms with Gasteiger partial charge in [-0.15, -0.1) is 0 Å². The van der Waals surface area contributed by atoms with Gasteiger partial charge in [0.25, 0.3) is 0 Å². The average Bonchev–Trinajstić information content (AvgIpc) is 2.69. The largest absolute Gasteiger partial charge is 0.393 e. The van der Waals surface area contributed by atoms with Gasteiger partial charge in [-0.05, 0) is 63.5 Å². The zero-order valence-electron chi connectivity index (χ0n) is 16.5. The van der Waals surface area contributed by atoms with Crippen LogP contribution in [0.3, 0.4) is 0 Å². The molecule has 1 spiro atoms. The second-order valence-corrected chi connectivity index (χ2v) is 9.17. The van der Waals surface area contributed by atoms with Crippen molar-refractivity contribution >= 4 is 5.91 Å². The second-order valence-electron chi connectivity index (χ2n) is 9.17. The van der Waals surface area contributed by atoms with Crippen LogP contribution in [-0.2, 0) is 11.3 Å². The number of aliphatic hydroxyl groups is 1.